The molecule has 1 aromatic carbocycles. The van der Waals surface area contributed by atoms with Gasteiger partial charge >= 0.3 is 0 Å². The van der Waals surface area contributed by atoms with Gasteiger partial charge in [-0.3, -0.25) is 9.59 Å². The third-order valence-electron chi connectivity index (χ3n) is 4.22. The molecule has 2 N–H and O–H groups in total. The number of carbonyl (C=O) groups excluding carboxylic acids is 2. The summed E-state index contributed by atoms with van der Waals surface area (Å²) in [5.74, 6) is 0.175. The lowest BCUT2D eigenvalue weighted by molar-refractivity contribution is -0.149. The number of rotatable bonds is 1. The van der Waals surface area contributed by atoms with Crippen molar-refractivity contribution in [1.82, 2.24) is 10.6 Å². The number of benzene rings is 1. The van der Waals surface area contributed by atoms with Gasteiger partial charge < -0.3 is 20.1 Å². The van der Waals surface area contributed by atoms with Crippen molar-refractivity contribution in [3.63, 3.8) is 0 Å². The van der Waals surface area contributed by atoms with Crippen molar-refractivity contribution in [3.8, 4) is 11.5 Å². The zero-order valence-electron chi connectivity index (χ0n) is 10.9. The summed E-state index contributed by atoms with van der Waals surface area (Å²) >= 11 is 0. The molecule has 0 aliphatic carbocycles. The molecule has 1 atom stereocenters. The summed E-state index contributed by atoms with van der Waals surface area (Å²) in [5.41, 5.74) is 0.277. The molecule has 4 aliphatic heterocycles. The van der Waals surface area contributed by atoms with Crippen molar-refractivity contribution in [3.05, 3.63) is 23.8 Å². The van der Waals surface area contributed by atoms with Crippen LogP contribution in [0.4, 0.5) is 0 Å². The molecule has 1 aromatic rings. The number of carbonyl (C=O) groups is 2. The van der Waals surface area contributed by atoms with Gasteiger partial charge in [0.1, 0.15) is 11.6 Å². The fraction of sp³-hybridized carbons (Fsp3) is 0.429. The zero-order chi connectivity index (χ0) is 13.9. The SMILES string of the molecule is CC12C[C@H](c3ccc4c(c3)OCO4)C(C(=O)N1)C(=O)N2. The molecule has 6 heteroatoms. The fourth-order valence-electron chi connectivity index (χ4n) is 3.33. The monoisotopic (exact) mass is 274 g/mol. The summed E-state index contributed by atoms with van der Waals surface area (Å²) in [5, 5.41) is 5.70. The quantitative estimate of drug-likeness (QED) is 0.730. The molecule has 6 nitrogen and oxygen atoms in total. The number of piperidine rings is 2. The highest BCUT2D eigenvalue weighted by molar-refractivity contribution is 6.05. The molecule has 0 unspecified atom stereocenters. The van der Waals surface area contributed by atoms with Crippen LogP contribution in [0.5, 0.6) is 11.5 Å². The van der Waals surface area contributed by atoms with Crippen molar-refractivity contribution in [1.29, 1.82) is 0 Å². The first-order valence-electron chi connectivity index (χ1n) is 6.59. The van der Waals surface area contributed by atoms with E-state index >= 15 is 0 Å². The summed E-state index contributed by atoms with van der Waals surface area (Å²) in [6, 6.07) is 5.61. The van der Waals surface area contributed by atoms with Gasteiger partial charge in [0.25, 0.3) is 0 Å². The Bertz CT molecular complexity index is 610. The van der Waals surface area contributed by atoms with Gasteiger partial charge in [-0.05, 0) is 31.0 Å². The van der Waals surface area contributed by atoms with Crippen LogP contribution in [0.2, 0.25) is 0 Å². The predicted octanol–water partition coefficient (Wildman–Crippen LogP) is 0.481. The van der Waals surface area contributed by atoms with Gasteiger partial charge in [0.15, 0.2) is 11.5 Å². The molecule has 0 aromatic heterocycles. The number of hydrogen-bond acceptors (Lipinski definition) is 4. The van der Waals surface area contributed by atoms with Crippen molar-refractivity contribution in [2.24, 2.45) is 5.92 Å². The zero-order valence-corrected chi connectivity index (χ0v) is 10.9. The van der Waals surface area contributed by atoms with Gasteiger partial charge in [-0.15, -0.1) is 0 Å². The minimum Gasteiger partial charge on any atom is -0.454 e. The molecule has 4 heterocycles. The van der Waals surface area contributed by atoms with E-state index in [-0.39, 0.29) is 24.5 Å². The molecule has 20 heavy (non-hydrogen) atoms. The maximum atomic E-state index is 12.1. The van der Waals surface area contributed by atoms with E-state index in [9.17, 15) is 9.59 Å². The van der Waals surface area contributed by atoms with Crippen molar-refractivity contribution >= 4 is 11.8 Å². The molecular formula is C14H14N2O4. The second kappa shape index (κ2) is 3.65. The van der Waals surface area contributed by atoms with Crippen molar-refractivity contribution < 1.29 is 19.1 Å². The molecule has 3 saturated heterocycles. The minimum atomic E-state index is -0.669. The Labute approximate surface area is 115 Å². The molecule has 2 bridgehead atoms. The number of fused-ring (bicyclic) bond motifs is 4. The average Bonchev–Trinajstić information content (AvgIpc) is 2.83. The molecule has 104 valence electrons. The Kier molecular flexibility index (Phi) is 2.11. The lowest BCUT2D eigenvalue weighted by Crippen LogP contribution is -2.72. The van der Waals surface area contributed by atoms with Gasteiger partial charge in [-0.2, -0.15) is 0 Å². The summed E-state index contributed by atoms with van der Waals surface area (Å²) < 4.78 is 10.6. The van der Waals surface area contributed by atoms with Gasteiger partial charge in [0.05, 0.1) is 0 Å². The Morgan fingerprint density at radius 1 is 1.15 bits per heavy atom. The second-order valence-electron chi connectivity index (χ2n) is 5.71. The van der Waals surface area contributed by atoms with Crippen LogP contribution in [-0.2, 0) is 9.59 Å². The summed E-state index contributed by atoms with van der Waals surface area (Å²) in [6.07, 6.45) is 0.675. The molecule has 0 spiro atoms. The van der Waals surface area contributed by atoms with E-state index in [1.165, 1.54) is 0 Å². The molecule has 0 radical (unpaired) electrons. The van der Waals surface area contributed by atoms with Crippen molar-refractivity contribution in [2.45, 2.75) is 24.9 Å². The molecule has 4 aliphatic rings. The predicted molar refractivity (Wildman–Crippen MR) is 68.1 cm³/mol. The third kappa shape index (κ3) is 1.51. The Morgan fingerprint density at radius 3 is 2.55 bits per heavy atom. The Hall–Kier alpha value is -2.24. The third-order valence-corrected chi connectivity index (χ3v) is 4.22. The molecule has 0 saturated carbocycles. The average molecular weight is 274 g/mol. The number of hydrogen-bond donors (Lipinski definition) is 2. The summed E-state index contributed by atoms with van der Waals surface area (Å²) in [6.45, 7) is 2.05. The van der Waals surface area contributed by atoms with E-state index in [2.05, 4.69) is 10.6 Å². The maximum Gasteiger partial charge on any atom is 0.235 e. The highest BCUT2D eigenvalue weighted by Crippen LogP contribution is 2.43. The molecule has 2 amide bonds. The first kappa shape index (κ1) is 11.6. The van der Waals surface area contributed by atoms with Crippen LogP contribution in [0.1, 0.15) is 24.8 Å². The minimum absolute atomic E-state index is 0.128. The second-order valence-corrected chi connectivity index (χ2v) is 5.71. The molecular weight excluding hydrogens is 260 g/mol. The molecule has 3 fully saturated rings. The van der Waals surface area contributed by atoms with Gasteiger partial charge in [-0.1, -0.05) is 6.07 Å². The van der Waals surface area contributed by atoms with E-state index in [4.69, 9.17) is 9.47 Å². The van der Waals surface area contributed by atoms with E-state index < -0.39 is 11.6 Å². The van der Waals surface area contributed by atoms with E-state index in [1.54, 1.807) is 0 Å². The normalized spacial score (nSPS) is 33.9. The van der Waals surface area contributed by atoms with Crippen LogP contribution in [0.15, 0.2) is 18.2 Å². The van der Waals surface area contributed by atoms with Gasteiger partial charge in [-0.25, -0.2) is 0 Å². The van der Waals surface area contributed by atoms with Gasteiger partial charge in [0.2, 0.25) is 18.6 Å². The van der Waals surface area contributed by atoms with Crippen molar-refractivity contribution in [2.75, 3.05) is 6.79 Å². The highest BCUT2D eigenvalue weighted by atomic mass is 16.7. The van der Waals surface area contributed by atoms with Crippen LogP contribution < -0.4 is 20.1 Å². The number of nitrogens with one attached hydrogen (secondary N) is 2. The first-order chi connectivity index (χ1) is 9.56. The number of amides is 2. The standard InChI is InChI=1S/C14H14N2O4/c1-14-5-8(11(12(17)15-14)13(18)16-14)7-2-3-9-10(4-7)20-6-19-9/h2-4,8,11H,5-6H2,1H3,(H,15,17)(H,16,18)/t8-,11?,14?/m1/s1. The van der Waals surface area contributed by atoms with Crippen LogP contribution in [0, 0.1) is 5.92 Å². The smallest absolute Gasteiger partial charge is 0.235 e. The van der Waals surface area contributed by atoms with E-state index in [0.29, 0.717) is 17.9 Å². The van der Waals surface area contributed by atoms with E-state index in [1.807, 2.05) is 25.1 Å². The largest absolute Gasteiger partial charge is 0.454 e. The molecule has 5 rings (SSSR count). The van der Waals surface area contributed by atoms with Crippen LogP contribution in [0.25, 0.3) is 0 Å². The Morgan fingerprint density at radius 2 is 1.85 bits per heavy atom. The lowest BCUT2D eigenvalue weighted by Gasteiger charge is -2.48. The summed E-state index contributed by atoms with van der Waals surface area (Å²) in [4.78, 5) is 24.1. The van der Waals surface area contributed by atoms with Crippen LogP contribution in [-0.4, -0.2) is 24.3 Å². The Balaban J connectivity index is 1.75. The van der Waals surface area contributed by atoms with Gasteiger partial charge in [0, 0.05) is 5.92 Å². The highest BCUT2D eigenvalue weighted by Gasteiger charge is 2.53. The lowest BCUT2D eigenvalue weighted by atomic mass is 9.72. The van der Waals surface area contributed by atoms with E-state index in [0.717, 1.165) is 5.56 Å². The fourth-order valence-corrected chi connectivity index (χ4v) is 3.33. The van der Waals surface area contributed by atoms with Crippen LogP contribution in [0.3, 0.4) is 0 Å². The first-order valence-corrected chi connectivity index (χ1v) is 6.59. The topological polar surface area (TPSA) is 76.7 Å². The number of ether oxygens (including phenoxy) is 2. The maximum absolute atomic E-state index is 12.1. The van der Waals surface area contributed by atoms with Crippen LogP contribution >= 0.6 is 0 Å². The summed E-state index contributed by atoms with van der Waals surface area (Å²) in [7, 11) is 0.